The molecule has 0 unspecified atom stereocenters. The van der Waals surface area contributed by atoms with Crippen molar-refractivity contribution in [2.75, 3.05) is 0 Å². The topological polar surface area (TPSA) is 13.1 Å². The molecule has 0 saturated carbocycles. The van der Waals surface area contributed by atoms with Gasteiger partial charge < -0.3 is 4.74 Å². The summed E-state index contributed by atoms with van der Waals surface area (Å²) in [6.45, 7) is 18.4. The second-order valence-corrected chi connectivity index (χ2v) is 13.9. The first-order valence-electron chi connectivity index (χ1n) is 13.9. The highest BCUT2D eigenvalue weighted by Crippen LogP contribution is 2.53. The summed E-state index contributed by atoms with van der Waals surface area (Å²) in [4.78, 5) is 0. The molecule has 4 aromatic carbocycles. The highest BCUT2D eigenvalue weighted by molar-refractivity contribution is 6.13. The molecular formula is C36H40NO+. The van der Waals surface area contributed by atoms with Crippen LogP contribution in [0.3, 0.4) is 0 Å². The van der Waals surface area contributed by atoms with Crippen molar-refractivity contribution in [2.24, 2.45) is 17.9 Å². The van der Waals surface area contributed by atoms with Crippen molar-refractivity contribution in [1.82, 2.24) is 0 Å². The lowest BCUT2D eigenvalue weighted by Crippen LogP contribution is -2.32. The Kier molecular flexibility index (Phi) is 5.44. The van der Waals surface area contributed by atoms with Crippen LogP contribution in [0.25, 0.3) is 43.6 Å². The van der Waals surface area contributed by atoms with Gasteiger partial charge in [0, 0.05) is 17.0 Å². The van der Waals surface area contributed by atoms with Crippen molar-refractivity contribution in [3.8, 4) is 22.8 Å². The van der Waals surface area contributed by atoms with Crippen LogP contribution < -0.4 is 9.30 Å². The molecule has 1 aliphatic rings. The van der Waals surface area contributed by atoms with E-state index in [1.165, 1.54) is 65.8 Å². The van der Waals surface area contributed by atoms with Crippen LogP contribution in [-0.4, -0.2) is 0 Å². The second-order valence-electron chi connectivity index (χ2n) is 13.9. The number of nitrogens with zero attached hydrogens (tertiary/aromatic N) is 1. The van der Waals surface area contributed by atoms with E-state index in [0.717, 1.165) is 24.3 Å². The largest absolute Gasteiger partial charge is 0.455 e. The first-order chi connectivity index (χ1) is 17.8. The predicted molar refractivity (Wildman–Crippen MR) is 161 cm³/mol. The third kappa shape index (κ3) is 4.06. The lowest BCUT2D eigenvalue weighted by molar-refractivity contribution is -0.659. The average molecular weight is 503 g/mol. The van der Waals surface area contributed by atoms with E-state index in [0.29, 0.717) is 0 Å². The summed E-state index contributed by atoms with van der Waals surface area (Å²) in [7, 11) is 2.18. The first kappa shape index (κ1) is 24.9. The Bertz CT molecular complexity index is 1780. The predicted octanol–water partition coefficient (Wildman–Crippen LogP) is 9.54. The minimum Gasteiger partial charge on any atom is -0.455 e. The Labute approximate surface area is 227 Å². The van der Waals surface area contributed by atoms with Crippen LogP contribution in [0.5, 0.6) is 11.5 Å². The van der Waals surface area contributed by atoms with Gasteiger partial charge in [0.25, 0.3) is 0 Å². The normalized spacial score (nSPS) is 13.3. The number of fused-ring (bicyclic) bond motifs is 5. The van der Waals surface area contributed by atoms with Gasteiger partial charge >= 0.3 is 0 Å². The highest BCUT2D eigenvalue weighted by Gasteiger charge is 2.34. The van der Waals surface area contributed by atoms with Crippen LogP contribution in [0.1, 0.15) is 63.8 Å². The fourth-order valence-corrected chi connectivity index (χ4v) is 6.41. The van der Waals surface area contributed by atoms with Crippen LogP contribution in [0, 0.1) is 24.7 Å². The van der Waals surface area contributed by atoms with Gasteiger partial charge in [-0.1, -0.05) is 83.5 Å². The first-order valence-corrected chi connectivity index (χ1v) is 13.9. The Morgan fingerprint density at radius 3 is 2.13 bits per heavy atom. The molecule has 1 aliphatic heterocycles. The summed E-state index contributed by atoms with van der Waals surface area (Å²) in [5, 5.41) is 7.54. The molecule has 0 spiro atoms. The maximum absolute atomic E-state index is 7.12. The monoisotopic (exact) mass is 502 g/mol. The maximum atomic E-state index is 7.12. The molecule has 0 N–H and O–H groups in total. The number of hydrogen-bond donors (Lipinski definition) is 0. The highest BCUT2D eigenvalue weighted by atomic mass is 16.5. The summed E-state index contributed by atoms with van der Waals surface area (Å²) >= 11 is 0. The summed E-state index contributed by atoms with van der Waals surface area (Å²) in [6, 6.07) is 18.4. The summed E-state index contributed by atoms with van der Waals surface area (Å²) < 4.78 is 9.42. The molecule has 2 heteroatoms. The average Bonchev–Trinajstić information content (AvgIpc) is 2.81. The Morgan fingerprint density at radius 2 is 1.42 bits per heavy atom. The molecule has 0 fully saturated rings. The van der Waals surface area contributed by atoms with Gasteiger partial charge in [0.2, 0.25) is 5.69 Å². The molecule has 38 heavy (non-hydrogen) atoms. The molecule has 0 radical (unpaired) electrons. The van der Waals surface area contributed by atoms with E-state index in [1.54, 1.807) is 0 Å². The van der Waals surface area contributed by atoms with Crippen molar-refractivity contribution in [3.05, 3.63) is 77.0 Å². The zero-order chi connectivity index (χ0) is 27.1. The van der Waals surface area contributed by atoms with Gasteiger partial charge in [-0.3, -0.25) is 0 Å². The van der Waals surface area contributed by atoms with Crippen molar-refractivity contribution in [1.29, 1.82) is 0 Å². The second kappa shape index (κ2) is 8.30. The van der Waals surface area contributed by atoms with Crippen molar-refractivity contribution in [2.45, 2.75) is 68.2 Å². The third-order valence-corrected chi connectivity index (χ3v) is 7.92. The van der Waals surface area contributed by atoms with Gasteiger partial charge in [0.1, 0.15) is 18.5 Å². The minimum atomic E-state index is 0.119. The number of pyridine rings is 1. The Balaban J connectivity index is 1.76. The number of rotatable bonds is 2. The lowest BCUT2D eigenvalue weighted by atomic mass is 9.80. The number of ether oxygens (including phenoxy) is 1. The van der Waals surface area contributed by atoms with Gasteiger partial charge in [0.15, 0.2) is 6.20 Å². The molecule has 1 aromatic heterocycles. The molecule has 0 amide bonds. The van der Waals surface area contributed by atoms with Crippen LogP contribution in [-0.2, 0) is 19.9 Å². The molecule has 2 nitrogen and oxygen atoms in total. The van der Waals surface area contributed by atoms with Crippen molar-refractivity contribution in [3.63, 3.8) is 0 Å². The van der Waals surface area contributed by atoms with E-state index in [-0.39, 0.29) is 10.8 Å². The van der Waals surface area contributed by atoms with Gasteiger partial charge in [-0.05, 0) is 76.3 Å². The molecule has 0 bridgehead atoms. The van der Waals surface area contributed by atoms with E-state index in [1.807, 2.05) is 0 Å². The number of aromatic nitrogens is 1. The van der Waals surface area contributed by atoms with Crippen LogP contribution in [0.2, 0.25) is 0 Å². The van der Waals surface area contributed by atoms with E-state index in [4.69, 9.17) is 4.74 Å². The lowest BCUT2D eigenvalue weighted by Gasteiger charge is -2.29. The van der Waals surface area contributed by atoms with Crippen LogP contribution in [0.4, 0.5) is 0 Å². The molecule has 2 heterocycles. The quantitative estimate of drug-likeness (QED) is 0.170. The third-order valence-electron chi connectivity index (χ3n) is 7.92. The molecule has 0 aliphatic carbocycles. The SMILES string of the molecule is Cc1ccc2c3c4c([n+](C)ccc4cc2c1)-c1c(c(CC(C)(C)C)c2ccc(CC(C)(C)C)cc2c1C)O3. The van der Waals surface area contributed by atoms with Crippen LogP contribution in [0.15, 0.2) is 54.7 Å². The van der Waals surface area contributed by atoms with Crippen LogP contribution >= 0.6 is 0 Å². The summed E-state index contributed by atoms with van der Waals surface area (Å²) in [5.41, 5.74) is 8.16. The fraction of sp³-hybridized carbons (Fsp3) is 0.361. The minimum absolute atomic E-state index is 0.119. The molecule has 5 aromatic rings. The molecule has 6 rings (SSSR count). The van der Waals surface area contributed by atoms with Gasteiger partial charge in [-0.15, -0.1) is 0 Å². The number of aryl methyl sites for hydroxylation is 3. The molecule has 194 valence electrons. The van der Waals surface area contributed by atoms with E-state index in [9.17, 15) is 0 Å². The zero-order valence-corrected chi connectivity index (χ0v) is 24.5. The molecular weight excluding hydrogens is 462 g/mol. The number of hydrogen-bond acceptors (Lipinski definition) is 1. The van der Waals surface area contributed by atoms with Gasteiger partial charge in [-0.25, -0.2) is 4.57 Å². The molecule has 0 atom stereocenters. The van der Waals surface area contributed by atoms with E-state index >= 15 is 0 Å². The van der Waals surface area contributed by atoms with Gasteiger partial charge in [-0.2, -0.15) is 0 Å². The van der Waals surface area contributed by atoms with Gasteiger partial charge in [0.05, 0.1) is 10.9 Å². The standard InChI is InChI=1S/C36H40NO/c1-21-10-12-26-25(16-21)18-24-14-15-37(9)32-30-22(2)28-17-23(19-35(3,4)5)11-13-27(28)29(20-36(6,7)8)34(30)38-33(26)31(24)32/h10-18H,19-20H2,1-9H3/q+1. The summed E-state index contributed by atoms with van der Waals surface area (Å²) in [6.07, 6.45) is 4.22. The maximum Gasteiger partial charge on any atom is 0.228 e. The Morgan fingerprint density at radius 1 is 0.711 bits per heavy atom. The van der Waals surface area contributed by atoms with E-state index in [2.05, 4.69) is 122 Å². The smallest absolute Gasteiger partial charge is 0.228 e. The van der Waals surface area contributed by atoms with Crippen molar-refractivity contribution < 1.29 is 9.30 Å². The van der Waals surface area contributed by atoms with E-state index < -0.39 is 0 Å². The number of benzene rings is 4. The summed E-state index contributed by atoms with van der Waals surface area (Å²) in [5.74, 6) is 2.03. The zero-order valence-electron chi connectivity index (χ0n) is 24.5. The van der Waals surface area contributed by atoms with Crippen molar-refractivity contribution >= 4 is 32.3 Å². The fourth-order valence-electron chi connectivity index (χ4n) is 6.41. The Hall–Kier alpha value is -3.39. The molecule has 0 saturated heterocycles.